The van der Waals surface area contributed by atoms with E-state index in [1.807, 2.05) is 0 Å². The zero-order valence-electron chi connectivity index (χ0n) is 19.0. The molecule has 36 heavy (non-hydrogen) atoms. The molecule has 3 rings (SSSR count). The predicted octanol–water partition coefficient (Wildman–Crippen LogP) is 1.23. The van der Waals surface area contributed by atoms with Crippen LogP contribution in [0.4, 0.5) is 24.7 Å². The van der Waals surface area contributed by atoms with Crippen LogP contribution in [0.15, 0.2) is 30.9 Å². The van der Waals surface area contributed by atoms with Crippen molar-refractivity contribution in [3.05, 3.63) is 48.2 Å². The lowest BCUT2D eigenvalue weighted by Gasteiger charge is -2.10. The molecule has 0 bridgehead atoms. The van der Waals surface area contributed by atoms with E-state index < -0.39 is 42.2 Å². The number of aromatic carboxylic acids is 1. The predicted molar refractivity (Wildman–Crippen MR) is 117 cm³/mol. The second kappa shape index (κ2) is 10.3. The van der Waals surface area contributed by atoms with Crippen molar-refractivity contribution in [2.24, 2.45) is 14.1 Å². The van der Waals surface area contributed by atoms with E-state index >= 15 is 0 Å². The second-order valence-corrected chi connectivity index (χ2v) is 7.59. The molecule has 4 N–H and O–H groups in total. The van der Waals surface area contributed by atoms with E-state index in [2.05, 4.69) is 25.9 Å². The summed E-state index contributed by atoms with van der Waals surface area (Å²) >= 11 is 0. The molecule has 192 valence electrons. The van der Waals surface area contributed by atoms with Crippen molar-refractivity contribution in [2.75, 3.05) is 17.2 Å². The summed E-state index contributed by atoms with van der Waals surface area (Å²) in [6.45, 7) is -1.45. The number of nitrogens with zero attached hydrogens (tertiary/aromatic N) is 5. The Bertz CT molecular complexity index is 1310. The second-order valence-electron chi connectivity index (χ2n) is 7.59. The van der Waals surface area contributed by atoms with Crippen LogP contribution in [0.1, 0.15) is 38.1 Å². The summed E-state index contributed by atoms with van der Waals surface area (Å²) in [7, 11) is 2.97. The Kier molecular flexibility index (Phi) is 7.45. The number of nitrogens with one attached hydrogen (secondary N) is 3. The van der Waals surface area contributed by atoms with Crippen molar-refractivity contribution < 1.29 is 37.5 Å². The maximum atomic E-state index is 12.7. The third-order valence-electron chi connectivity index (χ3n) is 4.74. The standard InChI is InChI=1S/C20H21F3N8O5/c1-29-8-11(26-18(34)15-24-5-6-31(15)10-20(21,22)23)7-12(29)17(33)25-4-3-14(32)27-13-9-30(2)16(28-13)19(35)36/h5-9H,3-4,10H2,1-2H3,(H,25,33)(H,26,34)(H,27,32)(H,35,36). The van der Waals surface area contributed by atoms with Crippen molar-refractivity contribution in [1.29, 1.82) is 0 Å². The fourth-order valence-corrected chi connectivity index (χ4v) is 3.20. The van der Waals surface area contributed by atoms with Gasteiger partial charge in [-0.1, -0.05) is 0 Å². The number of hydrogen-bond donors (Lipinski definition) is 4. The molecule has 16 heteroatoms. The first-order valence-electron chi connectivity index (χ1n) is 10.2. The molecule has 0 fully saturated rings. The number of rotatable bonds is 9. The minimum Gasteiger partial charge on any atom is -0.475 e. The number of anilines is 2. The van der Waals surface area contributed by atoms with Gasteiger partial charge in [-0.25, -0.2) is 14.8 Å². The van der Waals surface area contributed by atoms with Crippen molar-refractivity contribution >= 4 is 35.2 Å². The van der Waals surface area contributed by atoms with Gasteiger partial charge in [0.05, 0.1) is 5.69 Å². The van der Waals surface area contributed by atoms with Gasteiger partial charge in [-0.15, -0.1) is 0 Å². The van der Waals surface area contributed by atoms with Gasteiger partial charge in [0.15, 0.2) is 11.6 Å². The summed E-state index contributed by atoms with van der Waals surface area (Å²) < 4.78 is 41.3. The highest BCUT2D eigenvalue weighted by Gasteiger charge is 2.30. The zero-order valence-corrected chi connectivity index (χ0v) is 19.0. The van der Waals surface area contributed by atoms with Crippen LogP contribution < -0.4 is 16.0 Å². The summed E-state index contributed by atoms with van der Waals surface area (Å²) in [5.74, 6) is -3.89. The van der Waals surface area contributed by atoms with E-state index in [0.29, 0.717) is 4.57 Å². The van der Waals surface area contributed by atoms with Gasteiger partial charge in [-0.05, 0) is 6.07 Å². The Hall–Kier alpha value is -4.63. The smallest absolute Gasteiger partial charge is 0.406 e. The first-order valence-corrected chi connectivity index (χ1v) is 10.2. The van der Waals surface area contributed by atoms with Gasteiger partial charge >= 0.3 is 12.1 Å². The van der Waals surface area contributed by atoms with Gasteiger partial charge in [0, 0.05) is 51.8 Å². The molecule has 0 atom stereocenters. The number of halogens is 3. The van der Waals surface area contributed by atoms with Gasteiger partial charge in [0.2, 0.25) is 11.7 Å². The summed E-state index contributed by atoms with van der Waals surface area (Å²) in [6, 6.07) is 1.31. The van der Waals surface area contributed by atoms with E-state index in [4.69, 9.17) is 5.11 Å². The lowest BCUT2D eigenvalue weighted by Crippen LogP contribution is -2.29. The molecule has 3 aromatic heterocycles. The van der Waals surface area contributed by atoms with Crippen LogP contribution in [0.5, 0.6) is 0 Å². The molecule has 0 saturated carbocycles. The number of carbonyl (C=O) groups excluding carboxylic acids is 3. The Morgan fingerprint density at radius 2 is 1.75 bits per heavy atom. The van der Waals surface area contributed by atoms with E-state index in [9.17, 15) is 32.3 Å². The van der Waals surface area contributed by atoms with E-state index in [0.717, 1.165) is 12.4 Å². The first kappa shape index (κ1) is 26.0. The number of aromatic nitrogens is 5. The monoisotopic (exact) mass is 510 g/mol. The molecule has 3 aromatic rings. The van der Waals surface area contributed by atoms with Gasteiger partial charge in [-0.2, -0.15) is 13.2 Å². The van der Waals surface area contributed by atoms with Gasteiger partial charge in [-0.3, -0.25) is 14.4 Å². The molecule has 0 spiro atoms. The highest BCUT2D eigenvalue weighted by atomic mass is 19.4. The fourth-order valence-electron chi connectivity index (χ4n) is 3.20. The van der Waals surface area contributed by atoms with Crippen molar-refractivity contribution in [1.82, 2.24) is 29.0 Å². The third kappa shape index (κ3) is 6.49. The summed E-state index contributed by atoms with van der Waals surface area (Å²) in [5, 5.41) is 16.3. The van der Waals surface area contributed by atoms with Gasteiger partial charge in [0.1, 0.15) is 12.2 Å². The molecular formula is C20H21F3N8O5. The maximum absolute atomic E-state index is 12.7. The summed E-state index contributed by atoms with van der Waals surface area (Å²) in [4.78, 5) is 55.3. The van der Waals surface area contributed by atoms with Crippen LogP contribution in [-0.2, 0) is 25.4 Å². The molecule has 0 aliphatic rings. The summed E-state index contributed by atoms with van der Waals surface area (Å²) in [5.41, 5.74) is 0.261. The Labute approximate surface area is 200 Å². The average Bonchev–Trinajstić information content (AvgIpc) is 3.45. The quantitative estimate of drug-likeness (QED) is 0.336. The topological polar surface area (TPSA) is 165 Å². The normalized spacial score (nSPS) is 11.2. The number of aryl methyl sites for hydroxylation is 2. The molecule has 3 amide bonds. The molecular weight excluding hydrogens is 489 g/mol. The molecule has 3 heterocycles. The Morgan fingerprint density at radius 1 is 1.03 bits per heavy atom. The van der Waals surface area contributed by atoms with E-state index in [-0.39, 0.29) is 36.0 Å². The van der Waals surface area contributed by atoms with Gasteiger partial charge < -0.3 is 34.8 Å². The number of carboxylic acid groups (broad SMARTS) is 1. The largest absolute Gasteiger partial charge is 0.475 e. The minimum atomic E-state index is -4.54. The SMILES string of the molecule is Cn1cc(NC(=O)c2nccn2CC(F)(F)F)cc1C(=O)NCCC(=O)Nc1cn(C)c(C(=O)O)n1. The molecule has 13 nitrogen and oxygen atoms in total. The zero-order chi connectivity index (χ0) is 26.6. The number of alkyl halides is 3. The molecule has 0 aromatic carbocycles. The molecule has 0 unspecified atom stereocenters. The van der Waals surface area contributed by atoms with E-state index in [1.54, 1.807) is 0 Å². The molecule has 0 aliphatic heterocycles. The molecule has 0 aliphatic carbocycles. The van der Waals surface area contributed by atoms with Crippen LogP contribution >= 0.6 is 0 Å². The maximum Gasteiger partial charge on any atom is 0.406 e. The van der Waals surface area contributed by atoms with Crippen molar-refractivity contribution in [3.63, 3.8) is 0 Å². The van der Waals surface area contributed by atoms with Gasteiger partial charge in [0.25, 0.3) is 11.8 Å². The molecule has 0 saturated heterocycles. The summed E-state index contributed by atoms with van der Waals surface area (Å²) in [6.07, 6.45) is 0.137. The van der Waals surface area contributed by atoms with E-state index in [1.165, 1.54) is 41.7 Å². The number of carbonyl (C=O) groups is 4. The number of amides is 3. The number of carboxylic acids is 1. The van der Waals surface area contributed by atoms with Crippen molar-refractivity contribution in [3.8, 4) is 0 Å². The van der Waals surface area contributed by atoms with Crippen LogP contribution in [0.2, 0.25) is 0 Å². The van der Waals surface area contributed by atoms with Crippen molar-refractivity contribution in [2.45, 2.75) is 19.1 Å². The Balaban J connectivity index is 1.53. The van der Waals surface area contributed by atoms with Crippen LogP contribution in [0.3, 0.4) is 0 Å². The lowest BCUT2D eigenvalue weighted by atomic mass is 10.3. The number of imidazole rings is 2. The minimum absolute atomic E-state index is 0.0462. The van der Waals surface area contributed by atoms with Crippen LogP contribution in [0.25, 0.3) is 0 Å². The number of hydrogen-bond acceptors (Lipinski definition) is 6. The first-order chi connectivity index (χ1) is 16.8. The molecule has 0 radical (unpaired) electrons. The van der Waals surface area contributed by atoms with Crippen LogP contribution in [0, 0.1) is 0 Å². The average molecular weight is 510 g/mol. The third-order valence-corrected chi connectivity index (χ3v) is 4.74. The van der Waals surface area contributed by atoms with Crippen LogP contribution in [-0.4, -0.2) is 65.2 Å². The highest BCUT2D eigenvalue weighted by Crippen LogP contribution is 2.19. The lowest BCUT2D eigenvalue weighted by molar-refractivity contribution is -0.140. The Morgan fingerprint density at radius 3 is 2.39 bits per heavy atom. The fraction of sp³-hybridized carbons (Fsp3) is 0.300. The highest BCUT2D eigenvalue weighted by molar-refractivity contribution is 6.03.